The fraction of sp³-hybridized carbons (Fsp3) is 0. The van der Waals surface area contributed by atoms with Crippen molar-refractivity contribution in [3.8, 4) is 0 Å². The molecule has 0 aliphatic heterocycles. The number of rotatable bonds is 3. The zero-order valence-corrected chi connectivity index (χ0v) is 19.6. The fourth-order valence-corrected chi connectivity index (χ4v) is 5.97. The Morgan fingerprint density at radius 1 is 0.417 bits per heavy atom. The molecule has 168 valence electrons. The highest BCUT2D eigenvalue weighted by Gasteiger charge is 2.21. The predicted molar refractivity (Wildman–Crippen MR) is 153 cm³/mol. The van der Waals surface area contributed by atoms with Gasteiger partial charge in [0.2, 0.25) is 0 Å². The van der Waals surface area contributed by atoms with Gasteiger partial charge in [-0.3, -0.25) is 0 Å². The van der Waals surface area contributed by atoms with Gasteiger partial charge in [0.1, 0.15) is 0 Å². The molecule has 0 saturated carbocycles. The second-order valence-corrected chi connectivity index (χ2v) is 9.43. The van der Waals surface area contributed by atoms with Crippen molar-refractivity contribution in [2.45, 2.75) is 0 Å². The van der Waals surface area contributed by atoms with E-state index >= 15 is 0 Å². The predicted octanol–water partition coefficient (Wildman–Crippen LogP) is 9.46. The summed E-state index contributed by atoms with van der Waals surface area (Å²) >= 11 is 0. The van der Waals surface area contributed by atoms with Crippen molar-refractivity contribution in [1.29, 1.82) is 0 Å². The minimum absolute atomic E-state index is 1.15. The van der Waals surface area contributed by atoms with Crippen LogP contribution in [0.25, 0.3) is 48.9 Å². The minimum Gasteiger partial charge on any atom is -0.310 e. The topological polar surface area (TPSA) is 7.65 Å². The van der Waals surface area contributed by atoms with E-state index in [1.165, 1.54) is 48.9 Å². The van der Waals surface area contributed by atoms with Crippen LogP contribution in [0.1, 0.15) is 0 Å². The molecule has 2 aromatic heterocycles. The summed E-state index contributed by atoms with van der Waals surface area (Å²) in [4.78, 5) is 2.34. The van der Waals surface area contributed by atoms with Crippen LogP contribution in [-0.4, -0.2) is 4.40 Å². The largest absolute Gasteiger partial charge is 0.310 e. The maximum atomic E-state index is 2.47. The molecule has 8 aromatic rings. The number of benzene rings is 6. The highest BCUT2D eigenvalue weighted by molar-refractivity contribution is 6.31. The van der Waals surface area contributed by atoms with Gasteiger partial charge in [-0.15, -0.1) is 0 Å². The van der Waals surface area contributed by atoms with Gasteiger partial charge in [0.25, 0.3) is 0 Å². The molecule has 0 bridgehead atoms. The van der Waals surface area contributed by atoms with Gasteiger partial charge >= 0.3 is 0 Å². The molecule has 2 heterocycles. The summed E-state index contributed by atoms with van der Waals surface area (Å²) in [5, 5.41) is 7.86. The van der Waals surface area contributed by atoms with E-state index in [0.29, 0.717) is 0 Å². The van der Waals surface area contributed by atoms with Crippen LogP contribution in [0.5, 0.6) is 0 Å². The molecule has 2 heteroatoms. The number of anilines is 3. The Bertz CT molecular complexity index is 2000. The lowest BCUT2D eigenvalue weighted by molar-refractivity contribution is 1.28. The van der Waals surface area contributed by atoms with Gasteiger partial charge in [-0.05, 0) is 59.3 Å². The number of hydrogen-bond donors (Lipinski definition) is 0. The van der Waals surface area contributed by atoms with E-state index in [4.69, 9.17) is 0 Å². The number of para-hydroxylation sites is 3. The average molecular weight is 459 g/mol. The number of aromatic nitrogens is 1. The van der Waals surface area contributed by atoms with Crippen LogP contribution in [0.3, 0.4) is 0 Å². The summed E-state index contributed by atoms with van der Waals surface area (Å²) in [6, 6.07) is 48.1. The summed E-state index contributed by atoms with van der Waals surface area (Å²) in [5.74, 6) is 0. The van der Waals surface area contributed by atoms with Crippen molar-refractivity contribution in [3.63, 3.8) is 0 Å². The summed E-state index contributed by atoms with van der Waals surface area (Å²) in [5.41, 5.74) is 7.25. The average Bonchev–Trinajstić information content (AvgIpc) is 3.46. The first-order chi connectivity index (χ1) is 17.9. The van der Waals surface area contributed by atoms with Crippen molar-refractivity contribution in [2.24, 2.45) is 0 Å². The molecule has 0 saturated heterocycles. The van der Waals surface area contributed by atoms with Gasteiger partial charge in [-0.1, -0.05) is 84.9 Å². The van der Waals surface area contributed by atoms with Gasteiger partial charge in [0.15, 0.2) is 0 Å². The van der Waals surface area contributed by atoms with Gasteiger partial charge in [0.05, 0.1) is 16.6 Å². The number of fused-ring (bicyclic) bond motifs is 8. The highest BCUT2D eigenvalue weighted by Crippen LogP contribution is 2.44. The van der Waals surface area contributed by atoms with E-state index in [0.717, 1.165) is 17.1 Å². The van der Waals surface area contributed by atoms with Gasteiger partial charge < -0.3 is 9.30 Å². The summed E-state index contributed by atoms with van der Waals surface area (Å²) in [7, 11) is 0. The van der Waals surface area contributed by atoms with E-state index in [2.05, 4.69) is 143 Å². The molecule has 0 N–H and O–H groups in total. The summed E-state index contributed by atoms with van der Waals surface area (Å²) in [6.07, 6.45) is 0. The standard InChI is InChI=1S/C34H22N2/c1-3-12-24(13-4-1)35(25-14-5-2-6-15-25)26-19-20-28-30-21-23-11-7-8-16-27(23)33-29-17-9-10-18-31(29)36(34(30)33)32(28)22-26/h1-22H. The minimum atomic E-state index is 1.15. The Labute approximate surface area is 208 Å². The molecule has 8 rings (SSSR count). The highest BCUT2D eigenvalue weighted by atomic mass is 15.1. The molecule has 2 nitrogen and oxygen atoms in total. The zero-order valence-electron chi connectivity index (χ0n) is 19.6. The van der Waals surface area contributed by atoms with E-state index in [1.807, 2.05) is 0 Å². The third kappa shape index (κ3) is 2.61. The smallest absolute Gasteiger partial charge is 0.0626 e. The molecule has 0 spiro atoms. The van der Waals surface area contributed by atoms with Crippen molar-refractivity contribution < 1.29 is 0 Å². The van der Waals surface area contributed by atoms with E-state index in [-0.39, 0.29) is 0 Å². The Morgan fingerprint density at radius 2 is 1.06 bits per heavy atom. The van der Waals surface area contributed by atoms with Gasteiger partial charge in [0, 0.05) is 38.6 Å². The quantitative estimate of drug-likeness (QED) is 0.256. The molecular formula is C34H22N2. The lowest BCUT2D eigenvalue weighted by atomic mass is 10.00. The third-order valence-corrected chi connectivity index (χ3v) is 7.46. The maximum Gasteiger partial charge on any atom is 0.0626 e. The van der Waals surface area contributed by atoms with Crippen molar-refractivity contribution >= 4 is 65.9 Å². The summed E-state index contributed by atoms with van der Waals surface area (Å²) < 4.78 is 2.47. The molecule has 6 aromatic carbocycles. The Hall–Kier alpha value is -4.82. The van der Waals surface area contributed by atoms with Crippen molar-refractivity contribution in [2.75, 3.05) is 4.90 Å². The molecule has 36 heavy (non-hydrogen) atoms. The van der Waals surface area contributed by atoms with E-state index in [9.17, 15) is 0 Å². The van der Waals surface area contributed by atoms with Crippen molar-refractivity contribution in [3.05, 3.63) is 133 Å². The van der Waals surface area contributed by atoms with Crippen LogP contribution in [-0.2, 0) is 0 Å². The van der Waals surface area contributed by atoms with Crippen molar-refractivity contribution in [1.82, 2.24) is 4.40 Å². The number of nitrogens with zero attached hydrogens (tertiary/aromatic N) is 2. The van der Waals surface area contributed by atoms with Crippen LogP contribution < -0.4 is 4.90 Å². The molecule has 0 amide bonds. The van der Waals surface area contributed by atoms with Crippen LogP contribution in [0, 0.1) is 0 Å². The Balaban J connectivity index is 1.51. The third-order valence-electron chi connectivity index (χ3n) is 7.46. The van der Waals surface area contributed by atoms with Gasteiger partial charge in [-0.2, -0.15) is 0 Å². The lowest BCUT2D eigenvalue weighted by Crippen LogP contribution is -2.09. The summed E-state index contributed by atoms with van der Waals surface area (Å²) in [6.45, 7) is 0. The molecule has 0 aliphatic rings. The van der Waals surface area contributed by atoms with Crippen LogP contribution in [0.4, 0.5) is 17.1 Å². The van der Waals surface area contributed by atoms with Crippen LogP contribution in [0.2, 0.25) is 0 Å². The van der Waals surface area contributed by atoms with Crippen LogP contribution in [0.15, 0.2) is 133 Å². The normalized spacial score (nSPS) is 11.9. The zero-order chi connectivity index (χ0) is 23.6. The van der Waals surface area contributed by atoms with Crippen LogP contribution >= 0.6 is 0 Å². The Morgan fingerprint density at radius 3 is 1.81 bits per heavy atom. The fourth-order valence-electron chi connectivity index (χ4n) is 5.97. The van der Waals surface area contributed by atoms with E-state index in [1.54, 1.807) is 0 Å². The Kier molecular flexibility index (Phi) is 3.97. The maximum absolute atomic E-state index is 2.47. The van der Waals surface area contributed by atoms with E-state index < -0.39 is 0 Å². The second kappa shape index (κ2) is 7.34. The molecule has 0 unspecified atom stereocenters. The first-order valence-corrected chi connectivity index (χ1v) is 12.4. The molecule has 0 atom stereocenters. The SMILES string of the molecule is c1ccc(N(c2ccccc2)c2ccc3c4cc5ccccc5c5c6ccccc6n(c3c2)c45)cc1. The first-order valence-electron chi connectivity index (χ1n) is 12.4. The molecular weight excluding hydrogens is 436 g/mol. The molecule has 0 fully saturated rings. The molecule has 0 aliphatic carbocycles. The second-order valence-electron chi connectivity index (χ2n) is 9.43. The number of hydrogen-bond acceptors (Lipinski definition) is 1. The lowest BCUT2D eigenvalue weighted by Gasteiger charge is -2.25. The monoisotopic (exact) mass is 458 g/mol. The molecule has 0 radical (unpaired) electrons. The van der Waals surface area contributed by atoms with Gasteiger partial charge in [-0.25, -0.2) is 0 Å². The first kappa shape index (κ1) is 19.5.